The van der Waals surface area contributed by atoms with E-state index in [4.69, 9.17) is 14.2 Å². The van der Waals surface area contributed by atoms with Gasteiger partial charge in [0.25, 0.3) is 0 Å². The number of hydrogen-bond acceptors (Lipinski definition) is 4. The number of hydrogen-bond donors (Lipinski definition) is 0. The minimum absolute atomic E-state index is 0.386. The van der Waals surface area contributed by atoms with Crippen LogP contribution in [0.1, 0.15) is 15.9 Å². The Hall–Kier alpha value is -1.07. The maximum Gasteiger partial charge on any atom is 0.157 e. The molecule has 16 heavy (non-hydrogen) atoms. The van der Waals surface area contributed by atoms with Crippen molar-refractivity contribution in [2.75, 3.05) is 21.3 Å². The molecule has 0 heterocycles. The highest BCUT2D eigenvalue weighted by Crippen LogP contribution is 2.37. The SMILES string of the molecule is COCc1cc(OC)c(C=O)c(OC)c1Br. The average Bonchev–Trinajstić information content (AvgIpc) is 2.31. The number of benzene rings is 1. The lowest BCUT2D eigenvalue weighted by molar-refractivity contribution is 0.111. The number of carbonyl (C=O) groups is 1. The summed E-state index contributed by atoms with van der Waals surface area (Å²) < 4.78 is 16.1. The van der Waals surface area contributed by atoms with Crippen molar-refractivity contribution in [1.82, 2.24) is 0 Å². The summed E-state index contributed by atoms with van der Waals surface area (Å²) in [6.07, 6.45) is 0.707. The Morgan fingerprint density at radius 1 is 1.31 bits per heavy atom. The van der Waals surface area contributed by atoms with Crippen molar-refractivity contribution in [3.05, 3.63) is 21.7 Å². The molecular weight excluding hydrogens is 276 g/mol. The van der Waals surface area contributed by atoms with Crippen LogP contribution in [0.4, 0.5) is 0 Å². The molecule has 0 N–H and O–H groups in total. The van der Waals surface area contributed by atoms with Gasteiger partial charge in [-0.3, -0.25) is 4.79 Å². The molecule has 5 heteroatoms. The number of carbonyl (C=O) groups excluding carboxylic acids is 1. The maximum absolute atomic E-state index is 11.0. The molecule has 0 amide bonds. The van der Waals surface area contributed by atoms with E-state index in [1.54, 1.807) is 13.2 Å². The summed E-state index contributed by atoms with van der Waals surface area (Å²) >= 11 is 3.38. The number of ether oxygens (including phenoxy) is 3. The van der Waals surface area contributed by atoms with E-state index < -0.39 is 0 Å². The smallest absolute Gasteiger partial charge is 0.157 e. The van der Waals surface area contributed by atoms with E-state index in [1.165, 1.54) is 14.2 Å². The Morgan fingerprint density at radius 3 is 2.44 bits per heavy atom. The van der Waals surface area contributed by atoms with E-state index in [9.17, 15) is 4.79 Å². The zero-order valence-electron chi connectivity index (χ0n) is 9.37. The lowest BCUT2D eigenvalue weighted by Crippen LogP contribution is -2.00. The minimum Gasteiger partial charge on any atom is -0.496 e. The summed E-state index contributed by atoms with van der Waals surface area (Å²) in [6.45, 7) is 0.409. The first kappa shape index (κ1) is 13.0. The fourth-order valence-corrected chi connectivity index (χ4v) is 2.02. The highest BCUT2D eigenvalue weighted by atomic mass is 79.9. The number of aldehydes is 1. The van der Waals surface area contributed by atoms with Crippen LogP contribution in [0.2, 0.25) is 0 Å². The summed E-state index contributed by atoms with van der Waals surface area (Å²) in [7, 11) is 4.61. The molecule has 0 bridgehead atoms. The van der Waals surface area contributed by atoms with Gasteiger partial charge in [-0.05, 0) is 27.6 Å². The predicted molar refractivity (Wildman–Crippen MR) is 63.3 cm³/mol. The second-order valence-electron chi connectivity index (χ2n) is 3.05. The molecular formula is C11H13BrO4. The molecule has 0 spiro atoms. The standard InChI is InChI=1S/C11H13BrO4/c1-14-6-7-4-9(15-2)8(5-13)11(16-3)10(7)12/h4-5H,6H2,1-3H3. The van der Waals surface area contributed by atoms with Crippen LogP contribution in [0.15, 0.2) is 10.5 Å². The summed E-state index contributed by atoms with van der Waals surface area (Å²) in [5, 5.41) is 0. The molecule has 0 saturated carbocycles. The third-order valence-corrected chi connectivity index (χ3v) is 3.01. The van der Waals surface area contributed by atoms with Crippen LogP contribution in [0.25, 0.3) is 0 Å². The van der Waals surface area contributed by atoms with E-state index in [0.29, 0.717) is 34.4 Å². The lowest BCUT2D eigenvalue weighted by atomic mass is 10.1. The van der Waals surface area contributed by atoms with Gasteiger partial charge in [-0.15, -0.1) is 0 Å². The van der Waals surface area contributed by atoms with E-state index in [2.05, 4.69) is 15.9 Å². The second kappa shape index (κ2) is 5.86. The summed E-state index contributed by atoms with van der Waals surface area (Å²) in [6, 6.07) is 1.75. The lowest BCUT2D eigenvalue weighted by Gasteiger charge is -2.14. The zero-order valence-corrected chi connectivity index (χ0v) is 11.0. The predicted octanol–water partition coefficient (Wildman–Crippen LogP) is 2.43. The number of rotatable bonds is 5. The fourth-order valence-electron chi connectivity index (χ4n) is 1.42. The second-order valence-corrected chi connectivity index (χ2v) is 3.84. The van der Waals surface area contributed by atoms with Crippen molar-refractivity contribution in [2.45, 2.75) is 6.61 Å². The van der Waals surface area contributed by atoms with Crippen LogP contribution < -0.4 is 9.47 Å². The van der Waals surface area contributed by atoms with Crippen molar-refractivity contribution in [2.24, 2.45) is 0 Å². The molecule has 0 aliphatic carbocycles. The molecule has 0 aliphatic rings. The van der Waals surface area contributed by atoms with Gasteiger partial charge in [0, 0.05) is 7.11 Å². The maximum atomic E-state index is 11.0. The molecule has 0 atom stereocenters. The first-order valence-corrected chi connectivity index (χ1v) is 5.36. The molecule has 4 nitrogen and oxygen atoms in total. The van der Waals surface area contributed by atoms with Gasteiger partial charge in [0.15, 0.2) is 6.29 Å². The van der Waals surface area contributed by atoms with Gasteiger partial charge in [-0.2, -0.15) is 0 Å². The van der Waals surface area contributed by atoms with Crippen LogP contribution >= 0.6 is 15.9 Å². The first-order chi connectivity index (χ1) is 7.69. The van der Waals surface area contributed by atoms with Gasteiger partial charge in [0.2, 0.25) is 0 Å². The van der Waals surface area contributed by atoms with Crippen LogP contribution in [0.5, 0.6) is 11.5 Å². The molecule has 88 valence electrons. The van der Waals surface area contributed by atoms with E-state index in [1.807, 2.05) is 0 Å². The average molecular weight is 289 g/mol. The summed E-state index contributed by atoms with van der Waals surface area (Å²) in [5.74, 6) is 0.934. The van der Waals surface area contributed by atoms with Crippen LogP contribution in [0, 0.1) is 0 Å². The topological polar surface area (TPSA) is 44.8 Å². The van der Waals surface area contributed by atoms with Crippen molar-refractivity contribution < 1.29 is 19.0 Å². The molecule has 0 fully saturated rings. The monoisotopic (exact) mass is 288 g/mol. The van der Waals surface area contributed by atoms with Crippen LogP contribution in [0.3, 0.4) is 0 Å². The Balaban J connectivity index is 3.41. The number of halogens is 1. The van der Waals surface area contributed by atoms with Gasteiger partial charge < -0.3 is 14.2 Å². The van der Waals surface area contributed by atoms with Gasteiger partial charge in [-0.25, -0.2) is 0 Å². The molecule has 0 aliphatic heterocycles. The van der Waals surface area contributed by atoms with Gasteiger partial charge in [0.1, 0.15) is 11.5 Å². The minimum atomic E-state index is 0.386. The van der Waals surface area contributed by atoms with E-state index >= 15 is 0 Å². The molecule has 0 aromatic heterocycles. The normalized spacial score (nSPS) is 10.0. The van der Waals surface area contributed by atoms with Gasteiger partial charge in [0.05, 0.1) is 30.9 Å². The Labute approximate surface area is 103 Å². The van der Waals surface area contributed by atoms with Gasteiger partial charge in [-0.1, -0.05) is 0 Å². The summed E-state index contributed by atoms with van der Waals surface area (Å²) in [4.78, 5) is 11.0. The highest BCUT2D eigenvalue weighted by molar-refractivity contribution is 9.10. The summed E-state index contributed by atoms with van der Waals surface area (Å²) in [5.41, 5.74) is 1.25. The van der Waals surface area contributed by atoms with Crippen molar-refractivity contribution in [3.63, 3.8) is 0 Å². The number of methoxy groups -OCH3 is 3. The van der Waals surface area contributed by atoms with Crippen molar-refractivity contribution in [1.29, 1.82) is 0 Å². The fraction of sp³-hybridized carbons (Fsp3) is 0.364. The molecule has 1 rings (SSSR count). The van der Waals surface area contributed by atoms with Gasteiger partial charge >= 0.3 is 0 Å². The first-order valence-electron chi connectivity index (χ1n) is 4.57. The largest absolute Gasteiger partial charge is 0.496 e. The Kier molecular flexibility index (Phi) is 4.76. The third-order valence-electron chi connectivity index (χ3n) is 2.14. The van der Waals surface area contributed by atoms with E-state index in [0.717, 1.165) is 5.56 Å². The molecule has 0 radical (unpaired) electrons. The molecule has 0 unspecified atom stereocenters. The molecule has 1 aromatic rings. The van der Waals surface area contributed by atoms with Crippen LogP contribution in [-0.2, 0) is 11.3 Å². The Bertz CT molecular complexity index is 390. The van der Waals surface area contributed by atoms with Crippen LogP contribution in [-0.4, -0.2) is 27.6 Å². The van der Waals surface area contributed by atoms with Crippen molar-refractivity contribution in [3.8, 4) is 11.5 Å². The Morgan fingerprint density at radius 2 is 2.00 bits per heavy atom. The van der Waals surface area contributed by atoms with Crippen molar-refractivity contribution >= 4 is 22.2 Å². The molecule has 0 saturated heterocycles. The third kappa shape index (κ3) is 2.36. The molecule has 1 aromatic carbocycles. The highest BCUT2D eigenvalue weighted by Gasteiger charge is 2.17. The van der Waals surface area contributed by atoms with E-state index in [-0.39, 0.29) is 0 Å². The zero-order chi connectivity index (χ0) is 12.1. The quantitative estimate of drug-likeness (QED) is 0.781.